The molecule has 1 aromatic rings. The number of nitrogens with one attached hydrogen (secondary N) is 2. The number of aromatic carboxylic acids is 1. The topological polar surface area (TPSA) is 106 Å². The lowest BCUT2D eigenvalue weighted by molar-refractivity contribution is 0.0695. The van der Waals surface area contributed by atoms with Gasteiger partial charge in [0.05, 0.1) is 12.2 Å². The molecule has 1 saturated heterocycles. The van der Waals surface area contributed by atoms with Gasteiger partial charge in [0.2, 0.25) is 0 Å². The number of piperidine rings is 1. The van der Waals surface area contributed by atoms with E-state index in [4.69, 9.17) is 5.11 Å². The summed E-state index contributed by atoms with van der Waals surface area (Å²) in [6.45, 7) is 5.51. The molecule has 1 amide bonds. The van der Waals surface area contributed by atoms with Crippen LogP contribution in [0.5, 0.6) is 0 Å². The normalized spacial score (nSPS) is 18.8. The monoisotopic (exact) mass is 323 g/mol. The second-order valence-electron chi connectivity index (χ2n) is 6.05. The Kier molecular flexibility index (Phi) is 5.79. The van der Waals surface area contributed by atoms with Crippen LogP contribution in [0, 0.1) is 13.8 Å². The second kappa shape index (κ2) is 7.61. The molecule has 1 aromatic heterocycles. The summed E-state index contributed by atoms with van der Waals surface area (Å²) in [5.41, 5.74) is 1.40. The Hall–Kier alpha value is -1.86. The van der Waals surface area contributed by atoms with Crippen LogP contribution in [0.4, 0.5) is 0 Å². The Morgan fingerprint density at radius 2 is 2.09 bits per heavy atom. The molecule has 0 unspecified atom stereocenters. The summed E-state index contributed by atoms with van der Waals surface area (Å²) in [5.74, 6) is -1.33. The van der Waals surface area contributed by atoms with E-state index in [1.807, 2.05) is 0 Å². The lowest BCUT2D eigenvalue weighted by Crippen LogP contribution is -2.45. The molecule has 128 valence electrons. The number of hydrogen-bond donors (Lipinski definition) is 4. The van der Waals surface area contributed by atoms with Crippen LogP contribution in [0.2, 0.25) is 0 Å². The van der Waals surface area contributed by atoms with Gasteiger partial charge in [-0.3, -0.25) is 9.69 Å². The summed E-state index contributed by atoms with van der Waals surface area (Å²) in [4.78, 5) is 28.5. The van der Waals surface area contributed by atoms with E-state index in [9.17, 15) is 14.7 Å². The van der Waals surface area contributed by atoms with Crippen molar-refractivity contribution in [3.8, 4) is 0 Å². The van der Waals surface area contributed by atoms with Crippen LogP contribution < -0.4 is 5.32 Å². The number of carboxylic acids is 1. The van der Waals surface area contributed by atoms with Crippen molar-refractivity contribution in [1.29, 1.82) is 0 Å². The molecular weight excluding hydrogens is 298 g/mol. The number of amides is 1. The number of aryl methyl sites for hydroxylation is 1. The van der Waals surface area contributed by atoms with Crippen molar-refractivity contribution in [2.24, 2.45) is 0 Å². The van der Waals surface area contributed by atoms with Gasteiger partial charge in [0, 0.05) is 24.8 Å². The highest BCUT2D eigenvalue weighted by molar-refractivity contribution is 5.99. The first kappa shape index (κ1) is 17.5. The van der Waals surface area contributed by atoms with Crippen molar-refractivity contribution in [1.82, 2.24) is 15.2 Å². The van der Waals surface area contributed by atoms with E-state index in [0.717, 1.165) is 25.8 Å². The fourth-order valence-electron chi connectivity index (χ4n) is 3.26. The maximum absolute atomic E-state index is 12.2. The summed E-state index contributed by atoms with van der Waals surface area (Å²) in [6, 6.07) is 0.175. The number of likely N-dealkylation sites (tertiary alicyclic amines) is 1. The minimum absolute atomic E-state index is 0.144. The summed E-state index contributed by atoms with van der Waals surface area (Å²) in [5, 5.41) is 21.4. The zero-order chi connectivity index (χ0) is 17.0. The third-order valence-electron chi connectivity index (χ3n) is 4.52. The third-order valence-corrected chi connectivity index (χ3v) is 4.52. The van der Waals surface area contributed by atoms with E-state index in [-0.39, 0.29) is 24.1 Å². The number of rotatable bonds is 6. The standard InChI is InChI=1S/C16H25N3O4/c1-10-13(16(22)23)11(2)18-14(10)15(21)17-6-8-19-7-4-3-5-12(19)9-20/h12,18,20H,3-9H2,1-2H3,(H,17,21)(H,22,23)/t12-/m1/s1. The van der Waals surface area contributed by atoms with Crippen LogP contribution in [-0.2, 0) is 0 Å². The van der Waals surface area contributed by atoms with Gasteiger partial charge in [-0.05, 0) is 38.8 Å². The summed E-state index contributed by atoms with van der Waals surface area (Å²) >= 11 is 0. The van der Waals surface area contributed by atoms with Crippen molar-refractivity contribution >= 4 is 11.9 Å². The summed E-state index contributed by atoms with van der Waals surface area (Å²) in [7, 11) is 0. The van der Waals surface area contributed by atoms with Crippen LogP contribution in [0.15, 0.2) is 0 Å². The first-order valence-corrected chi connectivity index (χ1v) is 8.01. The molecule has 1 atom stereocenters. The quantitative estimate of drug-likeness (QED) is 0.622. The molecule has 7 heteroatoms. The number of nitrogens with zero attached hydrogens (tertiary/aromatic N) is 1. The molecule has 2 rings (SSSR count). The molecule has 0 spiro atoms. The molecule has 4 N–H and O–H groups in total. The number of aromatic amines is 1. The van der Waals surface area contributed by atoms with Gasteiger partial charge in [-0.2, -0.15) is 0 Å². The van der Waals surface area contributed by atoms with Gasteiger partial charge in [-0.1, -0.05) is 6.42 Å². The van der Waals surface area contributed by atoms with E-state index in [1.165, 1.54) is 0 Å². The zero-order valence-electron chi connectivity index (χ0n) is 13.7. The Balaban J connectivity index is 1.92. The average molecular weight is 323 g/mol. The van der Waals surface area contributed by atoms with Crippen LogP contribution >= 0.6 is 0 Å². The summed E-state index contributed by atoms with van der Waals surface area (Å²) in [6.07, 6.45) is 3.23. The molecule has 2 heterocycles. The Bertz CT molecular complexity index is 582. The van der Waals surface area contributed by atoms with Gasteiger partial charge in [0.25, 0.3) is 5.91 Å². The van der Waals surface area contributed by atoms with Crippen LogP contribution in [0.1, 0.15) is 51.4 Å². The number of H-pyrrole nitrogens is 1. The zero-order valence-corrected chi connectivity index (χ0v) is 13.7. The highest BCUT2D eigenvalue weighted by Gasteiger charge is 2.23. The summed E-state index contributed by atoms with van der Waals surface area (Å²) < 4.78 is 0. The van der Waals surface area contributed by atoms with Gasteiger partial charge in [0.1, 0.15) is 5.69 Å². The minimum Gasteiger partial charge on any atom is -0.478 e. The van der Waals surface area contributed by atoms with Crippen LogP contribution in [-0.4, -0.2) is 64.3 Å². The molecule has 0 aliphatic carbocycles. The first-order valence-electron chi connectivity index (χ1n) is 8.01. The third kappa shape index (κ3) is 3.92. The lowest BCUT2D eigenvalue weighted by atomic mass is 10.0. The van der Waals surface area contributed by atoms with E-state index in [0.29, 0.717) is 30.0 Å². The predicted octanol–water partition coefficient (Wildman–Crippen LogP) is 0.906. The number of carboxylic acid groups (broad SMARTS) is 1. The number of hydrogen-bond acceptors (Lipinski definition) is 4. The van der Waals surface area contributed by atoms with Gasteiger partial charge < -0.3 is 20.5 Å². The largest absolute Gasteiger partial charge is 0.478 e. The van der Waals surface area contributed by atoms with Crippen LogP contribution in [0.25, 0.3) is 0 Å². The highest BCUT2D eigenvalue weighted by atomic mass is 16.4. The van der Waals surface area contributed by atoms with Crippen molar-refractivity contribution in [3.05, 3.63) is 22.5 Å². The molecule has 0 saturated carbocycles. The molecule has 23 heavy (non-hydrogen) atoms. The van der Waals surface area contributed by atoms with Crippen molar-refractivity contribution in [2.45, 2.75) is 39.2 Å². The molecule has 0 aromatic carbocycles. The smallest absolute Gasteiger partial charge is 0.337 e. The van der Waals surface area contributed by atoms with Gasteiger partial charge in [-0.15, -0.1) is 0 Å². The number of carbonyl (C=O) groups excluding carboxylic acids is 1. The average Bonchev–Trinajstić information content (AvgIpc) is 2.82. The number of carbonyl (C=O) groups is 2. The van der Waals surface area contributed by atoms with Gasteiger partial charge >= 0.3 is 5.97 Å². The Morgan fingerprint density at radius 1 is 1.35 bits per heavy atom. The fourth-order valence-corrected chi connectivity index (χ4v) is 3.26. The fraction of sp³-hybridized carbons (Fsp3) is 0.625. The van der Waals surface area contributed by atoms with Crippen molar-refractivity contribution < 1.29 is 19.8 Å². The SMILES string of the molecule is Cc1[nH]c(C(=O)NCCN2CCCC[C@@H]2CO)c(C)c1C(=O)O. The molecule has 1 fully saturated rings. The van der Waals surface area contributed by atoms with E-state index < -0.39 is 5.97 Å². The highest BCUT2D eigenvalue weighted by Crippen LogP contribution is 2.18. The first-order chi connectivity index (χ1) is 11.0. The molecule has 0 bridgehead atoms. The Morgan fingerprint density at radius 3 is 2.70 bits per heavy atom. The van der Waals surface area contributed by atoms with Crippen molar-refractivity contribution in [2.75, 3.05) is 26.2 Å². The second-order valence-corrected chi connectivity index (χ2v) is 6.05. The molecular formula is C16H25N3O4. The van der Waals surface area contributed by atoms with Gasteiger partial charge in [-0.25, -0.2) is 4.79 Å². The minimum atomic E-state index is -1.03. The predicted molar refractivity (Wildman–Crippen MR) is 85.9 cm³/mol. The lowest BCUT2D eigenvalue weighted by Gasteiger charge is -2.34. The van der Waals surface area contributed by atoms with E-state index >= 15 is 0 Å². The Labute approximate surface area is 135 Å². The molecule has 1 aliphatic rings. The number of aromatic nitrogens is 1. The number of aliphatic hydroxyl groups excluding tert-OH is 1. The molecule has 0 radical (unpaired) electrons. The molecule has 7 nitrogen and oxygen atoms in total. The van der Waals surface area contributed by atoms with Crippen LogP contribution in [0.3, 0.4) is 0 Å². The maximum Gasteiger partial charge on any atom is 0.337 e. The number of aliphatic hydroxyl groups is 1. The van der Waals surface area contributed by atoms with E-state index in [1.54, 1.807) is 13.8 Å². The van der Waals surface area contributed by atoms with E-state index in [2.05, 4.69) is 15.2 Å². The van der Waals surface area contributed by atoms with Gasteiger partial charge in [0.15, 0.2) is 0 Å². The maximum atomic E-state index is 12.2. The van der Waals surface area contributed by atoms with Crippen molar-refractivity contribution in [3.63, 3.8) is 0 Å². The molecule has 1 aliphatic heterocycles.